The van der Waals surface area contributed by atoms with Crippen LogP contribution in [-0.2, 0) is 0 Å². The van der Waals surface area contributed by atoms with Gasteiger partial charge in [0, 0.05) is 56.0 Å². The van der Waals surface area contributed by atoms with Crippen molar-refractivity contribution < 1.29 is 8.78 Å². The van der Waals surface area contributed by atoms with E-state index in [0.29, 0.717) is 30.2 Å². The highest BCUT2D eigenvalue weighted by Crippen LogP contribution is 2.33. The van der Waals surface area contributed by atoms with E-state index < -0.39 is 11.6 Å². The molecule has 1 atom stereocenters. The average Bonchev–Trinajstić information content (AvgIpc) is 3.47. The molecule has 0 aliphatic carbocycles. The number of pyridine rings is 1. The van der Waals surface area contributed by atoms with E-state index in [1.165, 1.54) is 18.2 Å². The van der Waals surface area contributed by atoms with Crippen molar-refractivity contribution in [2.24, 2.45) is 4.99 Å². The number of piperazine rings is 1. The first kappa shape index (κ1) is 24.6. The zero-order valence-electron chi connectivity index (χ0n) is 21.1. The second-order valence-electron chi connectivity index (χ2n) is 9.55. The average molecular weight is 522 g/mol. The molecule has 9 heteroatoms. The highest BCUT2D eigenvalue weighted by Gasteiger charge is 2.25. The van der Waals surface area contributed by atoms with E-state index >= 15 is 0 Å². The lowest BCUT2D eigenvalue weighted by Crippen LogP contribution is -2.47. The minimum atomic E-state index is -0.572. The molecule has 2 aromatic carbocycles. The van der Waals surface area contributed by atoms with Gasteiger partial charge in [-0.3, -0.25) is 9.98 Å². The summed E-state index contributed by atoms with van der Waals surface area (Å²) in [5, 5.41) is 0. The normalized spacial score (nSPS) is 17.2. The predicted molar refractivity (Wildman–Crippen MR) is 147 cm³/mol. The smallest absolute Gasteiger partial charge is 0.228 e. The molecule has 4 aromatic rings. The molecule has 0 saturated carbocycles. The Labute approximate surface area is 225 Å². The Balaban J connectivity index is 1.10. The molecule has 1 saturated heterocycles. The first-order valence-corrected chi connectivity index (χ1v) is 12.9. The summed E-state index contributed by atoms with van der Waals surface area (Å²) in [4.78, 5) is 26.1. The van der Waals surface area contributed by atoms with Crippen molar-refractivity contribution in [3.8, 4) is 11.1 Å². The first-order chi connectivity index (χ1) is 19.1. The van der Waals surface area contributed by atoms with Gasteiger partial charge >= 0.3 is 0 Å². The fourth-order valence-corrected chi connectivity index (χ4v) is 5.16. The highest BCUT2D eigenvalue weighted by molar-refractivity contribution is 6.02. The second-order valence-corrected chi connectivity index (χ2v) is 9.55. The van der Waals surface area contributed by atoms with E-state index in [2.05, 4.69) is 34.6 Å². The number of nitrogens with zero attached hydrogens (tertiary/aromatic N) is 7. The molecule has 39 heavy (non-hydrogen) atoms. The Hall–Kier alpha value is -4.71. The third-order valence-electron chi connectivity index (χ3n) is 7.23. The fourth-order valence-electron chi connectivity index (χ4n) is 5.16. The van der Waals surface area contributed by atoms with Gasteiger partial charge in [-0.05, 0) is 36.1 Å². The predicted octanol–water partition coefficient (Wildman–Crippen LogP) is 6.02. The molecule has 0 radical (unpaired) electrons. The van der Waals surface area contributed by atoms with Crippen LogP contribution in [0.1, 0.15) is 30.0 Å². The number of hydrogen-bond donors (Lipinski definition) is 0. The summed E-state index contributed by atoms with van der Waals surface area (Å²) in [6.45, 7) is 10.3. The largest absolute Gasteiger partial charge is 0.362 e. The lowest BCUT2D eigenvalue weighted by Gasteiger charge is -2.35. The third kappa shape index (κ3) is 4.93. The van der Waals surface area contributed by atoms with Crippen LogP contribution in [0.3, 0.4) is 0 Å². The van der Waals surface area contributed by atoms with Gasteiger partial charge in [0.1, 0.15) is 17.5 Å². The fraction of sp³-hybridized carbons (Fsp3) is 0.233. The van der Waals surface area contributed by atoms with E-state index in [4.69, 9.17) is 6.57 Å². The summed E-state index contributed by atoms with van der Waals surface area (Å²) in [5.41, 5.74) is 3.94. The Morgan fingerprint density at radius 1 is 0.795 bits per heavy atom. The molecule has 0 N–H and O–H groups in total. The molecule has 6 rings (SSSR count). The summed E-state index contributed by atoms with van der Waals surface area (Å²) >= 11 is 0. The zero-order valence-corrected chi connectivity index (χ0v) is 21.1. The van der Waals surface area contributed by atoms with Gasteiger partial charge in [-0.25, -0.2) is 23.6 Å². The Kier molecular flexibility index (Phi) is 6.68. The van der Waals surface area contributed by atoms with Gasteiger partial charge in [-0.2, -0.15) is 0 Å². The maximum absolute atomic E-state index is 14.2. The van der Waals surface area contributed by atoms with Crippen molar-refractivity contribution in [2.75, 3.05) is 36.0 Å². The standard InChI is InChI=1S/C30H25F2N7/c1-33-27-6-3-13-34-29(27)38-14-16-39(17-15-38)30-35-18-22(19-36-30)20-7-9-21(10-8-20)25-11-12-26(37-25)28-23(31)4-2-5-24(28)32/h2-10,13,18-19,25H,11-12,14-17H2. The number of hydrogen-bond acceptors (Lipinski definition) is 6. The van der Waals surface area contributed by atoms with E-state index in [1.54, 1.807) is 18.3 Å². The molecule has 7 nitrogen and oxygen atoms in total. The Morgan fingerprint density at radius 3 is 2.18 bits per heavy atom. The van der Waals surface area contributed by atoms with Gasteiger partial charge in [0.25, 0.3) is 0 Å². The van der Waals surface area contributed by atoms with Gasteiger partial charge < -0.3 is 9.80 Å². The van der Waals surface area contributed by atoms with E-state index in [9.17, 15) is 8.78 Å². The monoisotopic (exact) mass is 521 g/mol. The first-order valence-electron chi connectivity index (χ1n) is 12.9. The van der Waals surface area contributed by atoms with Crippen molar-refractivity contribution >= 4 is 23.2 Å². The molecule has 0 spiro atoms. The molecule has 2 aromatic heterocycles. The van der Waals surface area contributed by atoms with E-state index in [0.717, 1.165) is 48.7 Å². The van der Waals surface area contributed by atoms with Crippen LogP contribution in [0, 0.1) is 18.2 Å². The number of halogens is 2. The number of benzene rings is 2. The molecule has 2 aliphatic rings. The van der Waals surface area contributed by atoms with Crippen LogP contribution < -0.4 is 9.80 Å². The minimum Gasteiger partial charge on any atom is -0.362 e. The molecule has 2 aliphatic heterocycles. The summed E-state index contributed by atoms with van der Waals surface area (Å²) < 4.78 is 28.4. The third-order valence-corrected chi connectivity index (χ3v) is 7.23. The lowest BCUT2D eigenvalue weighted by atomic mass is 10.0. The molecular formula is C30H25F2N7. The summed E-state index contributed by atoms with van der Waals surface area (Å²) in [6.07, 6.45) is 6.62. The molecular weight excluding hydrogens is 496 g/mol. The van der Waals surface area contributed by atoms with E-state index in [-0.39, 0.29) is 11.6 Å². The van der Waals surface area contributed by atoms with Crippen LogP contribution in [0.4, 0.5) is 26.2 Å². The lowest BCUT2D eigenvalue weighted by molar-refractivity contribution is 0.578. The van der Waals surface area contributed by atoms with Crippen molar-refractivity contribution in [3.63, 3.8) is 0 Å². The summed E-state index contributed by atoms with van der Waals surface area (Å²) in [5.74, 6) is 0.260. The van der Waals surface area contributed by atoms with Crippen molar-refractivity contribution in [1.82, 2.24) is 15.0 Å². The van der Waals surface area contributed by atoms with Crippen molar-refractivity contribution in [2.45, 2.75) is 18.9 Å². The SMILES string of the molecule is [C-]#[N+]c1cccnc1N1CCN(c2ncc(-c3ccc(C4CCC(c5c(F)cccc5F)=N4)cc3)cn2)CC1. The van der Waals surface area contributed by atoms with Gasteiger partial charge in [-0.15, -0.1) is 0 Å². The highest BCUT2D eigenvalue weighted by atomic mass is 19.1. The second kappa shape index (κ2) is 10.6. The molecule has 0 amide bonds. The molecule has 1 fully saturated rings. The topological polar surface area (TPSA) is 61.9 Å². The maximum atomic E-state index is 14.2. The number of rotatable bonds is 5. The van der Waals surface area contributed by atoms with Crippen molar-refractivity contribution in [3.05, 3.63) is 107 Å². The van der Waals surface area contributed by atoms with Gasteiger partial charge in [0.15, 0.2) is 0 Å². The van der Waals surface area contributed by atoms with Crippen LogP contribution in [0.2, 0.25) is 0 Å². The van der Waals surface area contributed by atoms with Crippen molar-refractivity contribution in [1.29, 1.82) is 0 Å². The Morgan fingerprint density at radius 2 is 1.49 bits per heavy atom. The van der Waals surface area contributed by atoms with Crippen LogP contribution in [0.15, 0.2) is 78.2 Å². The number of aromatic nitrogens is 3. The summed E-state index contributed by atoms with van der Waals surface area (Å²) in [7, 11) is 0. The van der Waals surface area contributed by atoms with Gasteiger partial charge in [0.2, 0.25) is 11.6 Å². The number of aliphatic imine (C=N–C) groups is 1. The molecule has 4 heterocycles. The molecule has 194 valence electrons. The quantitative estimate of drug-likeness (QED) is 0.301. The summed E-state index contributed by atoms with van der Waals surface area (Å²) in [6, 6.07) is 15.4. The molecule has 1 unspecified atom stereocenters. The van der Waals surface area contributed by atoms with Crippen LogP contribution in [0.5, 0.6) is 0 Å². The zero-order chi connectivity index (χ0) is 26.8. The van der Waals surface area contributed by atoms with Crippen LogP contribution >= 0.6 is 0 Å². The minimum absolute atomic E-state index is 0.0138. The van der Waals surface area contributed by atoms with Crippen LogP contribution in [0.25, 0.3) is 16.0 Å². The Bertz CT molecular complexity index is 1530. The van der Waals surface area contributed by atoms with E-state index in [1.807, 2.05) is 36.7 Å². The van der Waals surface area contributed by atoms with Gasteiger partial charge in [0.05, 0.1) is 18.2 Å². The maximum Gasteiger partial charge on any atom is 0.228 e. The van der Waals surface area contributed by atoms with Gasteiger partial charge in [-0.1, -0.05) is 42.5 Å². The van der Waals surface area contributed by atoms with Crippen LogP contribution in [-0.4, -0.2) is 46.8 Å². The molecule has 0 bridgehead atoms. The number of anilines is 2.